The summed E-state index contributed by atoms with van der Waals surface area (Å²) >= 11 is 0. The third-order valence-electron chi connectivity index (χ3n) is 2.47. The predicted octanol–water partition coefficient (Wildman–Crippen LogP) is 1.64. The number of hydrogen-bond donors (Lipinski definition) is 1. The molecule has 0 fully saturated rings. The highest BCUT2D eigenvalue weighted by Gasteiger charge is 2.10. The van der Waals surface area contributed by atoms with Gasteiger partial charge in [0.15, 0.2) is 5.82 Å². The molecule has 1 aromatic heterocycles. The molecule has 0 aliphatic rings. The van der Waals surface area contributed by atoms with Gasteiger partial charge in [-0.1, -0.05) is 13.0 Å². The van der Waals surface area contributed by atoms with Crippen molar-refractivity contribution in [3.8, 4) is 11.4 Å². The van der Waals surface area contributed by atoms with Crippen LogP contribution in [0.25, 0.3) is 11.4 Å². The summed E-state index contributed by atoms with van der Waals surface area (Å²) in [6.07, 6.45) is 0.999. The standard InChI is InChI=1S/C11H15N5/c1-3-6-16-11(13-14-15-16)10-7-9(12)5-4-8(10)2/h4-5,7H,3,6,12H2,1-2H3. The van der Waals surface area contributed by atoms with Crippen molar-refractivity contribution in [3.05, 3.63) is 23.8 Å². The van der Waals surface area contributed by atoms with E-state index < -0.39 is 0 Å². The second-order valence-electron chi connectivity index (χ2n) is 3.80. The van der Waals surface area contributed by atoms with Crippen molar-refractivity contribution in [3.63, 3.8) is 0 Å². The number of tetrazole rings is 1. The molecule has 0 amide bonds. The molecule has 0 atom stereocenters. The summed E-state index contributed by atoms with van der Waals surface area (Å²) in [6.45, 7) is 4.94. The lowest BCUT2D eigenvalue weighted by atomic mass is 10.1. The Morgan fingerprint density at radius 1 is 1.38 bits per heavy atom. The van der Waals surface area contributed by atoms with Crippen LogP contribution in [0.5, 0.6) is 0 Å². The topological polar surface area (TPSA) is 69.6 Å². The number of nitrogen functional groups attached to an aromatic ring is 1. The second-order valence-corrected chi connectivity index (χ2v) is 3.80. The molecule has 2 rings (SSSR count). The van der Waals surface area contributed by atoms with Crippen molar-refractivity contribution in [2.75, 3.05) is 5.73 Å². The van der Waals surface area contributed by atoms with Gasteiger partial charge >= 0.3 is 0 Å². The van der Waals surface area contributed by atoms with E-state index in [4.69, 9.17) is 5.73 Å². The minimum Gasteiger partial charge on any atom is -0.399 e. The zero-order valence-electron chi connectivity index (χ0n) is 9.51. The van der Waals surface area contributed by atoms with E-state index in [1.165, 1.54) is 0 Å². The Morgan fingerprint density at radius 3 is 2.94 bits per heavy atom. The van der Waals surface area contributed by atoms with Gasteiger partial charge in [0.05, 0.1) is 0 Å². The van der Waals surface area contributed by atoms with Gasteiger partial charge in [-0.3, -0.25) is 0 Å². The zero-order valence-corrected chi connectivity index (χ0v) is 9.51. The van der Waals surface area contributed by atoms with Gasteiger partial charge in [-0.05, 0) is 41.5 Å². The van der Waals surface area contributed by atoms with Gasteiger partial charge in [-0.2, -0.15) is 0 Å². The molecule has 2 aromatic rings. The molecule has 1 aromatic carbocycles. The maximum Gasteiger partial charge on any atom is 0.182 e. The number of rotatable bonds is 3. The minimum absolute atomic E-state index is 0.728. The predicted molar refractivity (Wildman–Crippen MR) is 62.7 cm³/mol. The highest BCUT2D eigenvalue weighted by molar-refractivity contribution is 5.65. The van der Waals surface area contributed by atoms with Gasteiger partial charge in [0.2, 0.25) is 0 Å². The normalized spacial score (nSPS) is 10.6. The molecule has 0 spiro atoms. The third kappa shape index (κ3) is 1.88. The average molecular weight is 217 g/mol. The Kier molecular flexibility index (Phi) is 2.85. The van der Waals surface area contributed by atoms with Crippen LogP contribution in [0.4, 0.5) is 5.69 Å². The first-order valence-corrected chi connectivity index (χ1v) is 5.35. The first-order valence-electron chi connectivity index (χ1n) is 5.35. The average Bonchev–Trinajstić information content (AvgIpc) is 2.70. The molecule has 5 heteroatoms. The smallest absolute Gasteiger partial charge is 0.182 e. The lowest BCUT2D eigenvalue weighted by Crippen LogP contribution is -2.03. The van der Waals surface area contributed by atoms with Crippen molar-refractivity contribution >= 4 is 5.69 Å². The van der Waals surface area contributed by atoms with Gasteiger partial charge in [-0.15, -0.1) is 5.10 Å². The fraction of sp³-hybridized carbons (Fsp3) is 0.364. The van der Waals surface area contributed by atoms with Crippen LogP contribution < -0.4 is 5.73 Å². The molecule has 0 saturated heterocycles. The molecule has 16 heavy (non-hydrogen) atoms. The summed E-state index contributed by atoms with van der Waals surface area (Å²) in [4.78, 5) is 0. The fourth-order valence-electron chi connectivity index (χ4n) is 1.64. The van der Waals surface area contributed by atoms with Gasteiger partial charge in [0, 0.05) is 17.8 Å². The Balaban J connectivity index is 2.49. The number of aromatic nitrogens is 4. The molecule has 2 N–H and O–H groups in total. The van der Waals surface area contributed by atoms with Crippen molar-refractivity contribution in [1.29, 1.82) is 0 Å². The lowest BCUT2D eigenvalue weighted by molar-refractivity contribution is 0.583. The quantitative estimate of drug-likeness (QED) is 0.793. The second kappa shape index (κ2) is 4.30. The van der Waals surface area contributed by atoms with Crippen molar-refractivity contribution in [2.24, 2.45) is 0 Å². The molecular formula is C11H15N5. The molecule has 0 unspecified atom stereocenters. The molecule has 0 aliphatic heterocycles. The number of nitrogens with zero attached hydrogens (tertiary/aromatic N) is 4. The van der Waals surface area contributed by atoms with Crippen LogP contribution >= 0.6 is 0 Å². The van der Waals surface area contributed by atoms with Gasteiger partial charge < -0.3 is 5.73 Å². The molecule has 0 aliphatic carbocycles. The number of nitrogens with two attached hydrogens (primary N) is 1. The molecule has 84 valence electrons. The van der Waals surface area contributed by atoms with Crippen LogP contribution in [0, 0.1) is 6.92 Å². The van der Waals surface area contributed by atoms with Gasteiger partial charge in [-0.25, -0.2) is 4.68 Å². The zero-order chi connectivity index (χ0) is 11.5. The molecular weight excluding hydrogens is 202 g/mol. The summed E-state index contributed by atoms with van der Waals surface area (Å²) in [5.41, 5.74) is 8.63. The summed E-state index contributed by atoms with van der Waals surface area (Å²) in [6, 6.07) is 5.77. The molecule has 5 nitrogen and oxygen atoms in total. The van der Waals surface area contributed by atoms with E-state index in [0.717, 1.165) is 35.6 Å². The van der Waals surface area contributed by atoms with Gasteiger partial charge in [0.1, 0.15) is 0 Å². The number of anilines is 1. The molecule has 0 saturated carbocycles. The third-order valence-corrected chi connectivity index (χ3v) is 2.47. The van der Waals surface area contributed by atoms with Crippen LogP contribution in [-0.2, 0) is 6.54 Å². The molecule has 0 bridgehead atoms. The van der Waals surface area contributed by atoms with E-state index in [1.807, 2.05) is 29.8 Å². The summed E-state index contributed by atoms with van der Waals surface area (Å²) in [7, 11) is 0. The lowest BCUT2D eigenvalue weighted by Gasteiger charge is -2.06. The van der Waals surface area contributed by atoms with Crippen molar-refractivity contribution in [1.82, 2.24) is 20.2 Å². The van der Waals surface area contributed by atoms with Crippen LogP contribution in [0.2, 0.25) is 0 Å². The Morgan fingerprint density at radius 2 is 2.19 bits per heavy atom. The Bertz CT molecular complexity index is 489. The van der Waals surface area contributed by atoms with Crippen LogP contribution in [0.15, 0.2) is 18.2 Å². The molecule has 0 radical (unpaired) electrons. The van der Waals surface area contributed by atoms with Crippen LogP contribution in [0.3, 0.4) is 0 Å². The Labute approximate surface area is 94.3 Å². The van der Waals surface area contributed by atoms with Crippen molar-refractivity contribution in [2.45, 2.75) is 26.8 Å². The first kappa shape index (κ1) is 10.6. The van der Waals surface area contributed by atoms with E-state index >= 15 is 0 Å². The highest BCUT2D eigenvalue weighted by Crippen LogP contribution is 2.23. The van der Waals surface area contributed by atoms with Crippen LogP contribution in [0.1, 0.15) is 18.9 Å². The number of aryl methyl sites for hydroxylation is 2. The maximum atomic E-state index is 5.78. The van der Waals surface area contributed by atoms with Gasteiger partial charge in [0.25, 0.3) is 0 Å². The largest absolute Gasteiger partial charge is 0.399 e. The van der Waals surface area contributed by atoms with E-state index in [2.05, 4.69) is 22.4 Å². The Hall–Kier alpha value is -1.91. The number of benzene rings is 1. The summed E-state index contributed by atoms with van der Waals surface area (Å²) < 4.78 is 1.81. The van der Waals surface area contributed by atoms with Crippen LogP contribution in [-0.4, -0.2) is 20.2 Å². The minimum atomic E-state index is 0.728. The first-order chi connectivity index (χ1) is 7.72. The van der Waals surface area contributed by atoms with E-state index in [-0.39, 0.29) is 0 Å². The highest BCUT2D eigenvalue weighted by atomic mass is 15.5. The fourth-order valence-corrected chi connectivity index (χ4v) is 1.64. The van der Waals surface area contributed by atoms with E-state index in [0.29, 0.717) is 0 Å². The SMILES string of the molecule is CCCn1nnnc1-c1cc(N)ccc1C. The van der Waals surface area contributed by atoms with E-state index in [9.17, 15) is 0 Å². The summed E-state index contributed by atoms with van der Waals surface area (Å²) in [5.74, 6) is 0.784. The van der Waals surface area contributed by atoms with E-state index in [1.54, 1.807) is 0 Å². The number of hydrogen-bond acceptors (Lipinski definition) is 4. The monoisotopic (exact) mass is 217 g/mol. The van der Waals surface area contributed by atoms with Crippen molar-refractivity contribution < 1.29 is 0 Å². The maximum absolute atomic E-state index is 5.78. The molecule has 1 heterocycles. The summed E-state index contributed by atoms with van der Waals surface area (Å²) in [5, 5.41) is 11.7.